The van der Waals surface area contributed by atoms with E-state index in [1.807, 2.05) is 20.8 Å². The Balaban J connectivity index is 2.45. The summed E-state index contributed by atoms with van der Waals surface area (Å²) in [4.78, 5) is 36.2. The van der Waals surface area contributed by atoms with Gasteiger partial charge in [0.1, 0.15) is 5.54 Å². The van der Waals surface area contributed by atoms with Crippen molar-refractivity contribution >= 4 is 17.8 Å². The fraction of sp³-hybridized carbons (Fsp3) is 0.800. The largest absolute Gasteiger partial charge is 0.468 e. The Labute approximate surface area is 126 Å². The van der Waals surface area contributed by atoms with Gasteiger partial charge in [-0.2, -0.15) is 0 Å². The molecule has 0 aromatic carbocycles. The van der Waals surface area contributed by atoms with Crippen LogP contribution in [0.1, 0.15) is 52.9 Å². The van der Waals surface area contributed by atoms with Crippen molar-refractivity contribution in [1.29, 1.82) is 0 Å². The third-order valence-electron chi connectivity index (χ3n) is 3.71. The molecule has 0 aromatic heterocycles. The van der Waals surface area contributed by atoms with Crippen LogP contribution in [0.4, 0.5) is 0 Å². The van der Waals surface area contributed by atoms with Gasteiger partial charge in [0.15, 0.2) is 0 Å². The molecule has 6 heteroatoms. The van der Waals surface area contributed by atoms with E-state index < -0.39 is 5.54 Å². The standard InChI is InChI=1S/C15H26N2O4/c1-11(2)16-15(3,14(20)21-4)9-5-6-10-17-12(18)7-8-13(17)19/h11,16H,5-10H2,1-4H3. The van der Waals surface area contributed by atoms with Crippen LogP contribution in [-0.4, -0.2) is 47.9 Å². The van der Waals surface area contributed by atoms with E-state index in [9.17, 15) is 14.4 Å². The highest BCUT2D eigenvalue weighted by Crippen LogP contribution is 2.18. The molecule has 0 radical (unpaired) electrons. The molecule has 1 N–H and O–H groups in total. The number of methoxy groups -OCH3 is 1. The zero-order valence-electron chi connectivity index (χ0n) is 13.4. The van der Waals surface area contributed by atoms with Gasteiger partial charge in [0.2, 0.25) is 11.8 Å². The molecule has 6 nitrogen and oxygen atoms in total. The van der Waals surface area contributed by atoms with Crippen LogP contribution in [0.2, 0.25) is 0 Å². The maximum Gasteiger partial charge on any atom is 0.325 e. The molecule has 1 aliphatic heterocycles. The maximum atomic E-state index is 11.9. The molecule has 21 heavy (non-hydrogen) atoms. The zero-order valence-corrected chi connectivity index (χ0v) is 13.4. The molecule has 1 saturated heterocycles. The minimum Gasteiger partial charge on any atom is -0.468 e. The summed E-state index contributed by atoms with van der Waals surface area (Å²) in [5.41, 5.74) is -0.734. The number of nitrogens with zero attached hydrogens (tertiary/aromatic N) is 1. The summed E-state index contributed by atoms with van der Waals surface area (Å²) in [6.07, 6.45) is 2.70. The van der Waals surface area contributed by atoms with Gasteiger partial charge in [-0.15, -0.1) is 0 Å². The SMILES string of the molecule is COC(=O)C(C)(CCCCN1C(=O)CCC1=O)NC(C)C. The van der Waals surface area contributed by atoms with Gasteiger partial charge in [0.05, 0.1) is 7.11 Å². The highest BCUT2D eigenvalue weighted by atomic mass is 16.5. The minimum absolute atomic E-state index is 0.0870. The Morgan fingerprint density at radius 1 is 1.29 bits per heavy atom. The number of carbonyl (C=O) groups is 3. The lowest BCUT2D eigenvalue weighted by Gasteiger charge is -2.30. The van der Waals surface area contributed by atoms with Crippen LogP contribution in [0.15, 0.2) is 0 Å². The summed E-state index contributed by atoms with van der Waals surface area (Å²) < 4.78 is 4.86. The van der Waals surface area contributed by atoms with Crippen LogP contribution < -0.4 is 5.32 Å². The van der Waals surface area contributed by atoms with E-state index in [4.69, 9.17) is 4.74 Å². The Kier molecular flexibility index (Phi) is 6.33. The molecule has 0 aliphatic carbocycles. The Bertz CT molecular complexity index is 392. The number of unbranched alkanes of at least 4 members (excludes halogenated alkanes) is 1. The predicted octanol–water partition coefficient (Wildman–Crippen LogP) is 1.24. The lowest BCUT2D eigenvalue weighted by atomic mass is 9.93. The highest BCUT2D eigenvalue weighted by molar-refractivity contribution is 6.01. The van der Waals surface area contributed by atoms with Crippen molar-refractivity contribution in [2.45, 2.75) is 64.5 Å². The first-order valence-electron chi connectivity index (χ1n) is 7.49. The summed E-state index contributed by atoms with van der Waals surface area (Å²) in [5.74, 6) is -0.461. The van der Waals surface area contributed by atoms with Gasteiger partial charge in [-0.25, -0.2) is 0 Å². The van der Waals surface area contributed by atoms with Crippen molar-refractivity contribution < 1.29 is 19.1 Å². The number of nitrogens with one attached hydrogen (secondary N) is 1. The fourth-order valence-corrected chi connectivity index (χ4v) is 2.72. The van der Waals surface area contributed by atoms with E-state index in [-0.39, 0.29) is 23.8 Å². The van der Waals surface area contributed by atoms with Crippen LogP contribution in [0, 0.1) is 0 Å². The number of hydrogen-bond acceptors (Lipinski definition) is 5. The molecular formula is C15H26N2O4. The summed E-state index contributed by atoms with van der Waals surface area (Å²) >= 11 is 0. The van der Waals surface area contributed by atoms with Gasteiger partial charge in [-0.3, -0.25) is 24.6 Å². The lowest BCUT2D eigenvalue weighted by Crippen LogP contribution is -2.53. The lowest BCUT2D eigenvalue weighted by molar-refractivity contribution is -0.148. The zero-order chi connectivity index (χ0) is 16.0. The van der Waals surface area contributed by atoms with Crippen molar-refractivity contribution in [1.82, 2.24) is 10.2 Å². The third kappa shape index (κ3) is 4.81. The summed E-state index contributed by atoms with van der Waals surface area (Å²) in [7, 11) is 1.38. The molecule has 1 unspecified atom stereocenters. The van der Waals surface area contributed by atoms with E-state index in [0.717, 1.165) is 6.42 Å². The van der Waals surface area contributed by atoms with Crippen LogP contribution in [-0.2, 0) is 19.1 Å². The smallest absolute Gasteiger partial charge is 0.325 e. The summed E-state index contributed by atoms with van der Waals surface area (Å²) in [6.45, 7) is 6.22. The Hall–Kier alpha value is -1.43. The minimum atomic E-state index is -0.734. The molecule has 1 atom stereocenters. The normalized spacial score (nSPS) is 18.2. The van der Waals surface area contributed by atoms with E-state index >= 15 is 0 Å². The first kappa shape index (κ1) is 17.6. The molecule has 1 heterocycles. The van der Waals surface area contributed by atoms with Crippen LogP contribution in [0.5, 0.6) is 0 Å². The van der Waals surface area contributed by atoms with Crippen molar-refractivity contribution in [2.24, 2.45) is 0 Å². The van der Waals surface area contributed by atoms with Crippen LogP contribution >= 0.6 is 0 Å². The third-order valence-corrected chi connectivity index (χ3v) is 3.71. The quantitative estimate of drug-likeness (QED) is 0.414. The van der Waals surface area contributed by atoms with Crippen molar-refractivity contribution in [2.75, 3.05) is 13.7 Å². The van der Waals surface area contributed by atoms with Gasteiger partial charge in [0, 0.05) is 25.4 Å². The first-order valence-corrected chi connectivity index (χ1v) is 7.49. The number of hydrogen-bond donors (Lipinski definition) is 1. The Morgan fingerprint density at radius 2 is 1.86 bits per heavy atom. The number of rotatable bonds is 8. The molecule has 0 bridgehead atoms. The number of likely N-dealkylation sites (tertiary alicyclic amines) is 1. The van der Waals surface area contributed by atoms with Gasteiger partial charge < -0.3 is 4.74 Å². The van der Waals surface area contributed by atoms with E-state index in [1.54, 1.807) is 0 Å². The topological polar surface area (TPSA) is 75.7 Å². The average molecular weight is 298 g/mol. The van der Waals surface area contributed by atoms with E-state index in [2.05, 4.69) is 5.32 Å². The second kappa shape index (κ2) is 7.54. The summed E-state index contributed by atoms with van der Waals surface area (Å²) in [6, 6.07) is 0.163. The number of ether oxygens (including phenoxy) is 1. The monoisotopic (exact) mass is 298 g/mol. The molecule has 1 aliphatic rings. The predicted molar refractivity (Wildman–Crippen MR) is 78.5 cm³/mol. The van der Waals surface area contributed by atoms with E-state index in [0.29, 0.717) is 32.2 Å². The van der Waals surface area contributed by atoms with Crippen molar-refractivity contribution in [3.05, 3.63) is 0 Å². The molecule has 1 fully saturated rings. The van der Waals surface area contributed by atoms with Gasteiger partial charge in [-0.1, -0.05) is 0 Å². The summed E-state index contributed by atoms with van der Waals surface area (Å²) in [5, 5.41) is 3.23. The first-order chi connectivity index (χ1) is 9.80. The highest BCUT2D eigenvalue weighted by Gasteiger charge is 2.34. The van der Waals surface area contributed by atoms with Crippen molar-refractivity contribution in [3.63, 3.8) is 0 Å². The van der Waals surface area contributed by atoms with Crippen LogP contribution in [0.25, 0.3) is 0 Å². The molecule has 120 valence electrons. The second-order valence-electron chi connectivity index (χ2n) is 6.02. The van der Waals surface area contributed by atoms with E-state index in [1.165, 1.54) is 12.0 Å². The number of imide groups is 1. The molecule has 2 amide bonds. The van der Waals surface area contributed by atoms with Crippen molar-refractivity contribution in [3.8, 4) is 0 Å². The molecule has 0 saturated carbocycles. The average Bonchev–Trinajstić information content (AvgIpc) is 2.73. The fourth-order valence-electron chi connectivity index (χ4n) is 2.72. The van der Waals surface area contributed by atoms with Crippen LogP contribution in [0.3, 0.4) is 0 Å². The Morgan fingerprint density at radius 3 is 2.33 bits per heavy atom. The molecule has 1 rings (SSSR count). The number of carbonyl (C=O) groups excluding carboxylic acids is 3. The second-order valence-corrected chi connectivity index (χ2v) is 6.02. The molecular weight excluding hydrogens is 272 g/mol. The van der Waals surface area contributed by atoms with Gasteiger partial charge >= 0.3 is 5.97 Å². The number of amides is 2. The van der Waals surface area contributed by atoms with Gasteiger partial charge in [-0.05, 0) is 40.0 Å². The maximum absolute atomic E-state index is 11.9. The molecule has 0 aromatic rings. The van der Waals surface area contributed by atoms with Gasteiger partial charge in [0.25, 0.3) is 0 Å². The number of esters is 1. The molecule has 0 spiro atoms.